The highest BCUT2D eigenvalue weighted by Gasteiger charge is 2.18. The number of rotatable bonds is 10. The number of benzene rings is 2. The van der Waals surface area contributed by atoms with Crippen molar-refractivity contribution in [1.82, 2.24) is 19.5 Å². The fraction of sp³-hybridized carbons (Fsp3) is 0.250. The molecule has 9 nitrogen and oxygen atoms in total. The summed E-state index contributed by atoms with van der Waals surface area (Å²) >= 11 is 0. The number of aliphatic carboxylic acids is 1. The Morgan fingerprint density at radius 2 is 1.82 bits per heavy atom. The Bertz CT molecular complexity index is 1220. The molecule has 2 heterocycles. The van der Waals surface area contributed by atoms with Gasteiger partial charge in [-0.25, -0.2) is 4.98 Å². The highest BCUT2D eigenvalue weighted by Crippen LogP contribution is 2.24. The van der Waals surface area contributed by atoms with E-state index in [1.165, 1.54) is 5.56 Å². The maximum Gasteiger partial charge on any atom is 0.325 e. The molecule has 0 aliphatic rings. The summed E-state index contributed by atoms with van der Waals surface area (Å²) in [6, 6.07) is 16.8. The summed E-state index contributed by atoms with van der Waals surface area (Å²) in [6.07, 6.45) is 3.44. The molecule has 4 aromatic rings. The van der Waals surface area contributed by atoms with Crippen LogP contribution in [0.25, 0.3) is 16.9 Å². The number of aryl methyl sites for hydroxylation is 1. The van der Waals surface area contributed by atoms with Crippen molar-refractivity contribution in [2.45, 2.75) is 32.4 Å². The number of hydrogen-bond acceptors (Lipinski definition) is 7. The molecule has 33 heavy (non-hydrogen) atoms. The lowest BCUT2D eigenvalue weighted by Gasteiger charge is -2.13. The lowest BCUT2D eigenvalue weighted by Crippen LogP contribution is -2.26. The first-order valence-electron chi connectivity index (χ1n) is 10.8. The van der Waals surface area contributed by atoms with E-state index in [1.807, 2.05) is 47.0 Å². The molecule has 4 N–H and O–H groups in total. The number of aliphatic hydroxyl groups excluding tert-OH is 1. The maximum atomic E-state index is 11.4. The number of nitrogens with one attached hydrogen (secondary N) is 2. The molecule has 0 radical (unpaired) electrons. The average Bonchev–Trinajstić information content (AvgIpc) is 3.27. The standard InChI is InChI=1S/C24H26N6O3/c1-16(23(32)33)27-21-20-22(30(15-26-20)19-11-9-18(14-31)10-12-19)29-24(28-21)25-13-5-8-17-6-3-2-4-7-17/h2-4,6-7,9-12,15-16,31H,5,8,13-14H2,1H3,(H,32,33)(H2,25,27,28,29)/t16-/m0/s1. The van der Waals surface area contributed by atoms with Gasteiger partial charge in [-0.3, -0.25) is 9.36 Å². The van der Waals surface area contributed by atoms with Gasteiger partial charge < -0.3 is 20.8 Å². The van der Waals surface area contributed by atoms with E-state index in [9.17, 15) is 15.0 Å². The van der Waals surface area contributed by atoms with E-state index in [1.54, 1.807) is 13.3 Å². The SMILES string of the molecule is C[C@H](Nc1nc(NCCCc2ccccc2)nc2c1ncn2-c1ccc(CO)cc1)C(=O)O. The normalized spacial score (nSPS) is 11.9. The van der Waals surface area contributed by atoms with Crippen LogP contribution in [0, 0.1) is 0 Å². The Morgan fingerprint density at radius 1 is 1.06 bits per heavy atom. The topological polar surface area (TPSA) is 125 Å². The third-order valence-corrected chi connectivity index (χ3v) is 5.29. The molecule has 0 aliphatic heterocycles. The third kappa shape index (κ3) is 5.27. The number of fused-ring (bicyclic) bond motifs is 1. The van der Waals surface area contributed by atoms with Gasteiger partial charge in [0.15, 0.2) is 17.0 Å². The molecule has 2 aromatic carbocycles. The number of aromatic nitrogens is 4. The van der Waals surface area contributed by atoms with Crippen LogP contribution in [0.15, 0.2) is 60.9 Å². The second-order valence-corrected chi connectivity index (χ2v) is 7.73. The van der Waals surface area contributed by atoms with Gasteiger partial charge in [-0.1, -0.05) is 42.5 Å². The molecule has 0 unspecified atom stereocenters. The molecular formula is C24H26N6O3. The molecule has 0 fully saturated rings. The van der Waals surface area contributed by atoms with E-state index in [0.717, 1.165) is 24.1 Å². The minimum atomic E-state index is -0.988. The molecule has 9 heteroatoms. The van der Waals surface area contributed by atoms with Gasteiger partial charge in [0.05, 0.1) is 6.61 Å². The zero-order chi connectivity index (χ0) is 23.2. The van der Waals surface area contributed by atoms with Crippen molar-refractivity contribution in [3.63, 3.8) is 0 Å². The van der Waals surface area contributed by atoms with Crippen LogP contribution in [0.3, 0.4) is 0 Å². The number of carboxylic acid groups (broad SMARTS) is 1. The monoisotopic (exact) mass is 446 g/mol. The summed E-state index contributed by atoms with van der Waals surface area (Å²) in [7, 11) is 0. The quantitative estimate of drug-likeness (QED) is 0.274. The molecule has 0 aliphatic carbocycles. The molecule has 2 aromatic heterocycles. The van der Waals surface area contributed by atoms with Crippen molar-refractivity contribution < 1.29 is 15.0 Å². The van der Waals surface area contributed by atoms with Gasteiger partial charge in [-0.2, -0.15) is 9.97 Å². The van der Waals surface area contributed by atoms with E-state index >= 15 is 0 Å². The smallest absolute Gasteiger partial charge is 0.325 e. The van der Waals surface area contributed by atoms with Crippen LogP contribution in [0.1, 0.15) is 24.5 Å². The summed E-state index contributed by atoms with van der Waals surface area (Å²) in [6.45, 7) is 2.17. The van der Waals surface area contributed by atoms with Crippen LogP contribution in [0.4, 0.5) is 11.8 Å². The van der Waals surface area contributed by atoms with E-state index in [0.29, 0.717) is 29.5 Å². The molecule has 0 saturated heterocycles. The second kappa shape index (κ2) is 10.1. The average molecular weight is 447 g/mol. The molecule has 0 amide bonds. The Labute approximate surface area is 191 Å². The zero-order valence-corrected chi connectivity index (χ0v) is 18.3. The van der Waals surface area contributed by atoms with Crippen LogP contribution >= 0.6 is 0 Å². The first-order valence-corrected chi connectivity index (χ1v) is 10.8. The van der Waals surface area contributed by atoms with Crippen LogP contribution < -0.4 is 10.6 Å². The fourth-order valence-corrected chi connectivity index (χ4v) is 3.43. The van der Waals surface area contributed by atoms with E-state index < -0.39 is 12.0 Å². The highest BCUT2D eigenvalue weighted by atomic mass is 16.4. The maximum absolute atomic E-state index is 11.4. The molecule has 0 bridgehead atoms. The van der Waals surface area contributed by atoms with Crippen molar-refractivity contribution in [2.24, 2.45) is 0 Å². The van der Waals surface area contributed by atoms with E-state index in [4.69, 9.17) is 0 Å². The number of hydrogen-bond donors (Lipinski definition) is 4. The van der Waals surface area contributed by atoms with E-state index in [-0.39, 0.29) is 6.61 Å². The second-order valence-electron chi connectivity index (χ2n) is 7.73. The number of imidazole rings is 1. The van der Waals surface area contributed by atoms with Gasteiger partial charge in [-0.05, 0) is 43.0 Å². The van der Waals surface area contributed by atoms with Crippen molar-refractivity contribution in [3.8, 4) is 5.69 Å². The zero-order valence-electron chi connectivity index (χ0n) is 18.3. The minimum absolute atomic E-state index is 0.0364. The third-order valence-electron chi connectivity index (χ3n) is 5.29. The molecule has 0 spiro atoms. The first-order chi connectivity index (χ1) is 16.0. The predicted molar refractivity (Wildman–Crippen MR) is 127 cm³/mol. The summed E-state index contributed by atoms with van der Waals surface area (Å²) in [5, 5.41) is 24.8. The summed E-state index contributed by atoms with van der Waals surface area (Å²) in [4.78, 5) is 25.0. The van der Waals surface area contributed by atoms with Gasteiger partial charge in [0, 0.05) is 12.2 Å². The van der Waals surface area contributed by atoms with Crippen LogP contribution in [-0.4, -0.2) is 48.3 Å². The van der Waals surface area contributed by atoms with Crippen molar-refractivity contribution in [1.29, 1.82) is 0 Å². The van der Waals surface area contributed by atoms with Gasteiger partial charge in [0.2, 0.25) is 5.95 Å². The van der Waals surface area contributed by atoms with E-state index in [2.05, 4.69) is 37.7 Å². The van der Waals surface area contributed by atoms with Gasteiger partial charge in [0.25, 0.3) is 0 Å². The Morgan fingerprint density at radius 3 is 2.52 bits per heavy atom. The summed E-state index contributed by atoms with van der Waals surface area (Å²) in [5.41, 5.74) is 3.91. The Balaban J connectivity index is 1.61. The predicted octanol–water partition coefficient (Wildman–Crippen LogP) is 3.24. The Kier molecular flexibility index (Phi) is 6.80. The Hall–Kier alpha value is -3.98. The van der Waals surface area contributed by atoms with Gasteiger partial charge >= 0.3 is 5.97 Å². The fourth-order valence-electron chi connectivity index (χ4n) is 3.43. The summed E-state index contributed by atoms with van der Waals surface area (Å²) < 4.78 is 1.81. The molecular weight excluding hydrogens is 420 g/mol. The number of carboxylic acids is 1. The lowest BCUT2D eigenvalue weighted by molar-refractivity contribution is -0.137. The lowest BCUT2D eigenvalue weighted by atomic mass is 10.1. The first kappa shape index (κ1) is 22.2. The van der Waals surface area contributed by atoms with Crippen molar-refractivity contribution in [2.75, 3.05) is 17.2 Å². The van der Waals surface area contributed by atoms with Crippen LogP contribution in [-0.2, 0) is 17.8 Å². The van der Waals surface area contributed by atoms with Gasteiger partial charge in [-0.15, -0.1) is 0 Å². The van der Waals surface area contributed by atoms with Gasteiger partial charge in [0.1, 0.15) is 12.4 Å². The van der Waals surface area contributed by atoms with Crippen LogP contribution in [0.5, 0.6) is 0 Å². The molecule has 170 valence electrons. The molecule has 1 atom stereocenters. The number of anilines is 2. The number of carbonyl (C=O) groups is 1. The van der Waals surface area contributed by atoms with Crippen molar-refractivity contribution in [3.05, 3.63) is 72.1 Å². The molecule has 4 rings (SSSR count). The number of nitrogens with zero attached hydrogens (tertiary/aromatic N) is 4. The highest BCUT2D eigenvalue weighted by molar-refractivity contribution is 5.88. The largest absolute Gasteiger partial charge is 0.480 e. The molecule has 0 saturated carbocycles. The van der Waals surface area contributed by atoms with Crippen LogP contribution in [0.2, 0.25) is 0 Å². The minimum Gasteiger partial charge on any atom is -0.480 e. The number of aliphatic hydroxyl groups is 1. The summed E-state index contributed by atoms with van der Waals surface area (Å²) in [5.74, 6) is -0.242. The van der Waals surface area contributed by atoms with Crippen molar-refractivity contribution >= 4 is 28.9 Å².